The van der Waals surface area contributed by atoms with Gasteiger partial charge in [0.15, 0.2) is 0 Å². The second kappa shape index (κ2) is 5.81. The van der Waals surface area contributed by atoms with Crippen LogP contribution < -0.4 is 10.1 Å². The molecule has 0 unspecified atom stereocenters. The molecule has 1 aromatic carbocycles. The molecule has 0 fully saturated rings. The summed E-state index contributed by atoms with van der Waals surface area (Å²) in [5, 5.41) is 2.95. The predicted octanol–water partition coefficient (Wildman–Crippen LogP) is 3.72. The van der Waals surface area contributed by atoms with E-state index in [9.17, 15) is 13.2 Å². The maximum Gasteiger partial charge on any atom is 0.416 e. The molecule has 0 aliphatic heterocycles. The van der Waals surface area contributed by atoms with E-state index in [0.717, 1.165) is 17.8 Å². The monoisotopic (exact) mass is 282 g/mol. The van der Waals surface area contributed by atoms with E-state index in [-0.39, 0.29) is 12.4 Å². The Kier molecular flexibility index (Phi) is 4.12. The maximum absolute atomic E-state index is 12.6. The number of nitrogens with one attached hydrogen (secondary N) is 1. The molecule has 0 amide bonds. The highest BCUT2D eigenvalue weighted by atomic mass is 19.4. The third-order valence-electron chi connectivity index (χ3n) is 2.65. The Hall–Kier alpha value is -2.24. The minimum absolute atomic E-state index is 0.108. The number of nitrogens with zero attached hydrogens (tertiary/aromatic N) is 1. The highest BCUT2D eigenvalue weighted by molar-refractivity contribution is 5.42. The normalized spacial score (nSPS) is 11.2. The van der Waals surface area contributed by atoms with Crippen LogP contribution in [0.5, 0.6) is 5.75 Å². The summed E-state index contributed by atoms with van der Waals surface area (Å²) in [7, 11) is 1.77. The fourth-order valence-corrected chi connectivity index (χ4v) is 1.63. The molecule has 0 atom stereocenters. The van der Waals surface area contributed by atoms with Gasteiger partial charge in [0, 0.05) is 18.9 Å². The number of ether oxygens (including phenoxy) is 1. The number of halogens is 3. The van der Waals surface area contributed by atoms with Gasteiger partial charge in [-0.1, -0.05) is 6.07 Å². The molecule has 20 heavy (non-hydrogen) atoms. The maximum atomic E-state index is 12.6. The fraction of sp³-hybridized carbons (Fsp3) is 0.214. The van der Waals surface area contributed by atoms with Crippen molar-refractivity contribution in [2.24, 2.45) is 0 Å². The van der Waals surface area contributed by atoms with Gasteiger partial charge < -0.3 is 10.1 Å². The van der Waals surface area contributed by atoms with E-state index in [1.807, 2.05) is 0 Å². The van der Waals surface area contributed by atoms with E-state index in [1.165, 1.54) is 12.1 Å². The molecular weight excluding hydrogens is 269 g/mol. The quantitative estimate of drug-likeness (QED) is 0.928. The number of hydrogen-bond donors (Lipinski definition) is 1. The summed E-state index contributed by atoms with van der Waals surface area (Å²) in [4.78, 5) is 4.09. The topological polar surface area (TPSA) is 34.2 Å². The molecule has 0 aliphatic rings. The van der Waals surface area contributed by atoms with Gasteiger partial charge in [-0.25, -0.2) is 0 Å². The van der Waals surface area contributed by atoms with Gasteiger partial charge >= 0.3 is 6.18 Å². The lowest BCUT2D eigenvalue weighted by molar-refractivity contribution is -0.137. The molecule has 0 spiro atoms. The van der Waals surface area contributed by atoms with Crippen LogP contribution >= 0.6 is 0 Å². The average Bonchev–Trinajstić information content (AvgIpc) is 2.45. The molecule has 1 heterocycles. The van der Waals surface area contributed by atoms with Crippen LogP contribution in [0, 0.1) is 0 Å². The molecule has 0 radical (unpaired) electrons. The third kappa shape index (κ3) is 3.63. The van der Waals surface area contributed by atoms with Crippen molar-refractivity contribution in [2.75, 3.05) is 12.4 Å². The molecule has 3 nitrogen and oxygen atoms in total. The third-order valence-corrected chi connectivity index (χ3v) is 2.65. The minimum atomic E-state index is -4.37. The van der Waals surface area contributed by atoms with Crippen LogP contribution in [0.3, 0.4) is 0 Å². The second-order valence-electron chi connectivity index (χ2n) is 4.10. The molecule has 2 rings (SSSR count). The summed E-state index contributed by atoms with van der Waals surface area (Å²) in [6.45, 7) is 0.108. The van der Waals surface area contributed by atoms with Crippen molar-refractivity contribution in [3.8, 4) is 5.75 Å². The molecular formula is C14H13F3N2O. The van der Waals surface area contributed by atoms with Crippen LogP contribution in [0.1, 0.15) is 11.3 Å². The number of hydrogen-bond acceptors (Lipinski definition) is 3. The van der Waals surface area contributed by atoms with Gasteiger partial charge in [-0.3, -0.25) is 4.98 Å². The number of aromatic nitrogens is 1. The van der Waals surface area contributed by atoms with Crippen LogP contribution in [-0.2, 0) is 12.8 Å². The van der Waals surface area contributed by atoms with Crippen molar-refractivity contribution < 1.29 is 17.9 Å². The summed E-state index contributed by atoms with van der Waals surface area (Å²) in [5.74, 6) is 0.163. The van der Waals surface area contributed by atoms with E-state index in [2.05, 4.69) is 10.3 Å². The van der Waals surface area contributed by atoms with E-state index in [0.29, 0.717) is 5.69 Å². The summed E-state index contributed by atoms with van der Waals surface area (Å²) < 4.78 is 43.0. The molecule has 2 aromatic rings. The molecule has 0 aliphatic carbocycles. The zero-order chi connectivity index (χ0) is 14.6. The van der Waals surface area contributed by atoms with Crippen LogP contribution in [0.25, 0.3) is 0 Å². The van der Waals surface area contributed by atoms with Crippen LogP contribution in [0.2, 0.25) is 0 Å². The van der Waals surface area contributed by atoms with Crippen molar-refractivity contribution in [1.82, 2.24) is 4.98 Å². The summed E-state index contributed by atoms with van der Waals surface area (Å²) >= 11 is 0. The number of benzene rings is 1. The Morgan fingerprint density at radius 1 is 1.20 bits per heavy atom. The number of anilines is 1. The van der Waals surface area contributed by atoms with Crippen LogP contribution in [-0.4, -0.2) is 12.0 Å². The van der Waals surface area contributed by atoms with Crippen LogP contribution in [0.15, 0.2) is 42.6 Å². The first-order valence-electron chi connectivity index (χ1n) is 5.92. The van der Waals surface area contributed by atoms with Gasteiger partial charge in [0.25, 0.3) is 0 Å². The number of alkyl halides is 3. The molecule has 0 saturated heterocycles. The van der Waals surface area contributed by atoms with Crippen LogP contribution in [0.4, 0.5) is 18.9 Å². The highest BCUT2D eigenvalue weighted by Crippen LogP contribution is 2.31. The largest absolute Gasteiger partial charge is 0.487 e. The Morgan fingerprint density at radius 3 is 2.70 bits per heavy atom. The summed E-state index contributed by atoms with van der Waals surface area (Å²) in [6, 6.07) is 8.34. The Balaban J connectivity index is 2.07. The van der Waals surface area contributed by atoms with Crippen molar-refractivity contribution in [3.63, 3.8) is 0 Å². The second-order valence-corrected chi connectivity index (χ2v) is 4.10. The molecule has 0 bridgehead atoms. The highest BCUT2D eigenvalue weighted by Gasteiger charge is 2.30. The first-order chi connectivity index (χ1) is 9.49. The van der Waals surface area contributed by atoms with Gasteiger partial charge in [-0.15, -0.1) is 0 Å². The predicted molar refractivity (Wildman–Crippen MR) is 69.6 cm³/mol. The lowest BCUT2D eigenvalue weighted by atomic mass is 10.2. The summed E-state index contributed by atoms with van der Waals surface area (Å²) in [5.41, 5.74) is 0.767. The van der Waals surface area contributed by atoms with E-state index in [4.69, 9.17) is 4.74 Å². The lowest BCUT2D eigenvalue weighted by Gasteiger charge is -2.10. The molecule has 1 N–H and O–H groups in total. The average molecular weight is 282 g/mol. The van der Waals surface area contributed by atoms with Gasteiger partial charge in [0.05, 0.1) is 11.3 Å². The molecule has 0 saturated carbocycles. The van der Waals surface area contributed by atoms with E-state index in [1.54, 1.807) is 25.4 Å². The van der Waals surface area contributed by atoms with Crippen molar-refractivity contribution >= 4 is 5.69 Å². The molecule has 1 aromatic heterocycles. The Labute approximate surface area is 114 Å². The van der Waals surface area contributed by atoms with Gasteiger partial charge in [-0.2, -0.15) is 13.2 Å². The number of rotatable bonds is 4. The molecule has 106 valence electrons. The van der Waals surface area contributed by atoms with E-state index >= 15 is 0 Å². The molecule has 6 heteroatoms. The number of pyridine rings is 1. The van der Waals surface area contributed by atoms with Gasteiger partial charge in [0.1, 0.15) is 12.4 Å². The first-order valence-corrected chi connectivity index (χ1v) is 5.92. The smallest absolute Gasteiger partial charge is 0.416 e. The standard InChI is InChI=1S/C14H13F3N2O/c1-18-11-5-6-19-12(8-11)9-20-13-4-2-3-10(7-13)14(15,16)17/h2-8H,9H2,1H3,(H,18,19). The minimum Gasteiger partial charge on any atom is -0.487 e. The van der Waals surface area contributed by atoms with Gasteiger partial charge in [0.2, 0.25) is 0 Å². The first kappa shape index (κ1) is 14.2. The lowest BCUT2D eigenvalue weighted by Crippen LogP contribution is -2.05. The van der Waals surface area contributed by atoms with Crippen molar-refractivity contribution in [3.05, 3.63) is 53.9 Å². The SMILES string of the molecule is CNc1ccnc(COc2cccc(C(F)(F)F)c2)c1. The fourth-order valence-electron chi connectivity index (χ4n) is 1.63. The van der Waals surface area contributed by atoms with Crippen molar-refractivity contribution in [2.45, 2.75) is 12.8 Å². The summed E-state index contributed by atoms with van der Waals surface area (Å²) in [6.07, 6.45) is -2.76. The van der Waals surface area contributed by atoms with E-state index < -0.39 is 11.7 Å². The Morgan fingerprint density at radius 2 is 2.00 bits per heavy atom. The van der Waals surface area contributed by atoms with Gasteiger partial charge in [-0.05, 0) is 30.3 Å². The zero-order valence-electron chi connectivity index (χ0n) is 10.7. The Bertz CT molecular complexity index is 585. The van der Waals surface area contributed by atoms with Crippen molar-refractivity contribution in [1.29, 1.82) is 0 Å². The zero-order valence-corrected chi connectivity index (χ0v) is 10.7.